The minimum atomic E-state index is -0.875. The van der Waals surface area contributed by atoms with Crippen LogP contribution in [0.3, 0.4) is 0 Å². The number of carbonyl (C=O) groups is 2. The third-order valence-electron chi connectivity index (χ3n) is 13.0. The van der Waals surface area contributed by atoms with Gasteiger partial charge in [0.15, 0.2) is 0 Å². The van der Waals surface area contributed by atoms with E-state index in [4.69, 9.17) is 4.74 Å². The molecule has 0 radical (unpaired) electrons. The first-order valence-corrected chi connectivity index (χ1v) is 28.1. The lowest BCUT2D eigenvalue weighted by Gasteiger charge is -2.19. The number of hydrogen-bond acceptors (Lipinski definition) is 5. The Labute approximate surface area is 392 Å². The summed E-state index contributed by atoms with van der Waals surface area (Å²) in [4.78, 5) is 24.5. The Hall–Kier alpha value is -1.66. The summed E-state index contributed by atoms with van der Waals surface area (Å²) in [6, 6.07) is -0.665. The molecule has 0 saturated carbocycles. The van der Waals surface area contributed by atoms with Crippen LogP contribution in [0, 0.1) is 0 Å². The van der Waals surface area contributed by atoms with E-state index in [-0.39, 0.29) is 18.5 Å². The molecule has 0 aromatic heterocycles. The molecule has 2 unspecified atom stereocenters. The van der Waals surface area contributed by atoms with Crippen LogP contribution in [0.5, 0.6) is 0 Å². The fourth-order valence-corrected chi connectivity index (χ4v) is 8.64. The number of rotatable bonds is 52. The Kier molecular flexibility index (Phi) is 51.6. The standard InChI is InChI=1S/C57H109NO5/c1-3-5-7-9-11-13-15-17-19-20-21-22-23-24-25-27-28-30-33-37-41-45-49-55(60)54(53-59)58-56(61)50-46-42-38-34-32-36-40-44-48-52-63-57(62)51-47-43-39-35-31-29-26-18-16-14-12-10-8-6-4-2/h34,38,45,49,54-55,59-60H,3-33,35-37,39-44,46-48,50-53H2,1-2H3,(H,58,61)/b38-34-,49-45+. The quantitative estimate of drug-likeness (QED) is 0.0321. The van der Waals surface area contributed by atoms with Crippen molar-refractivity contribution in [3.63, 3.8) is 0 Å². The average molecular weight is 889 g/mol. The Morgan fingerprint density at radius 1 is 0.429 bits per heavy atom. The SMILES string of the molecule is CCCCCCCCCCCCCCCCCCCCCC/C=C/C(O)C(CO)NC(=O)CCC/C=C\CCCCCCOC(=O)CCCCCCCCCCCCCCCCC. The van der Waals surface area contributed by atoms with Crippen LogP contribution in [0.4, 0.5) is 0 Å². The summed E-state index contributed by atoms with van der Waals surface area (Å²) in [5.74, 6) is -0.160. The molecule has 6 nitrogen and oxygen atoms in total. The monoisotopic (exact) mass is 888 g/mol. The maximum absolute atomic E-state index is 12.4. The molecule has 0 spiro atoms. The van der Waals surface area contributed by atoms with Gasteiger partial charge in [0, 0.05) is 12.8 Å². The Bertz CT molecular complexity index is 982. The van der Waals surface area contributed by atoms with Crippen molar-refractivity contribution in [3.8, 4) is 0 Å². The van der Waals surface area contributed by atoms with Crippen molar-refractivity contribution in [3.05, 3.63) is 24.3 Å². The van der Waals surface area contributed by atoms with Gasteiger partial charge in [-0.1, -0.05) is 263 Å². The van der Waals surface area contributed by atoms with E-state index < -0.39 is 12.1 Å². The van der Waals surface area contributed by atoms with E-state index in [1.54, 1.807) is 6.08 Å². The molecule has 0 aromatic carbocycles. The summed E-state index contributed by atoms with van der Waals surface area (Å²) >= 11 is 0. The van der Waals surface area contributed by atoms with E-state index in [0.29, 0.717) is 19.4 Å². The number of amides is 1. The number of aliphatic hydroxyl groups excluding tert-OH is 2. The molecular formula is C57H109NO5. The van der Waals surface area contributed by atoms with Crippen LogP contribution in [-0.4, -0.2) is 47.4 Å². The van der Waals surface area contributed by atoms with Crippen LogP contribution in [0.25, 0.3) is 0 Å². The van der Waals surface area contributed by atoms with Gasteiger partial charge in [-0.25, -0.2) is 0 Å². The van der Waals surface area contributed by atoms with Crippen LogP contribution in [-0.2, 0) is 14.3 Å². The van der Waals surface area contributed by atoms with Crippen LogP contribution in [0.15, 0.2) is 24.3 Å². The highest BCUT2D eigenvalue weighted by Gasteiger charge is 2.18. The van der Waals surface area contributed by atoms with E-state index in [1.807, 2.05) is 6.08 Å². The van der Waals surface area contributed by atoms with Gasteiger partial charge in [0.1, 0.15) is 0 Å². The van der Waals surface area contributed by atoms with Gasteiger partial charge in [-0.2, -0.15) is 0 Å². The van der Waals surface area contributed by atoms with Gasteiger partial charge >= 0.3 is 5.97 Å². The zero-order valence-corrected chi connectivity index (χ0v) is 42.3. The van der Waals surface area contributed by atoms with Gasteiger partial charge in [-0.15, -0.1) is 0 Å². The first-order valence-electron chi connectivity index (χ1n) is 28.1. The predicted octanol–water partition coefficient (Wildman–Crippen LogP) is 17.1. The highest BCUT2D eigenvalue weighted by atomic mass is 16.5. The summed E-state index contributed by atoms with van der Waals surface area (Å²) < 4.78 is 5.45. The maximum atomic E-state index is 12.4. The number of hydrogen-bond donors (Lipinski definition) is 3. The minimum absolute atomic E-state index is 0.0346. The number of nitrogens with one attached hydrogen (secondary N) is 1. The normalized spacial score (nSPS) is 12.8. The second kappa shape index (κ2) is 53.0. The summed E-state index contributed by atoms with van der Waals surface area (Å²) in [5.41, 5.74) is 0. The largest absolute Gasteiger partial charge is 0.466 e. The Morgan fingerprint density at radius 2 is 0.762 bits per heavy atom. The van der Waals surface area contributed by atoms with Crippen molar-refractivity contribution >= 4 is 11.9 Å². The topological polar surface area (TPSA) is 95.9 Å². The van der Waals surface area contributed by atoms with Gasteiger partial charge in [0.2, 0.25) is 5.91 Å². The fourth-order valence-electron chi connectivity index (χ4n) is 8.64. The molecule has 0 rings (SSSR count). The number of aliphatic hydroxyl groups is 2. The van der Waals surface area contributed by atoms with Crippen LogP contribution in [0.1, 0.15) is 303 Å². The van der Waals surface area contributed by atoms with E-state index in [1.165, 1.54) is 205 Å². The first kappa shape index (κ1) is 61.3. The second-order valence-corrected chi connectivity index (χ2v) is 19.3. The van der Waals surface area contributed by atoms with E-state index in [9.17, 15) is 19.8 Å². The van der Waals surface area contributed by atoms with Gasteiger partial charge < -0.3 is 20.3 Å². The average Bonchev–Trinajstić information content (AvgIpc) is 3.28. The van der Waals surface area contributed by atoms with Crippen molar-refractivity contribution in [1.29, 1.82) is 0 Å². The molecule has 0 aliphatic rings. The fraction of sp³-hybridized carbons (Fsp3) is 0.895. The molecule has 6 heteroatoms. The molecule has 3 N–H and O–H groups in total. The van der Waals surface area contributed by atoms with Crippen molar-refractivity contribution in [2.24, 2.45) is 0 Å². The third kappa shape index (κ3) is 49.6. The van der Waals surface area contributed by atoms with Gasteiger partial charge in [-0.05, 0) is 51.4 Å². The van der Waals surface area contributed by atoms with Gasteiger partial charge in [0.05, 0.1) is 25.4 Å². The second-order valence-electron chi connectivity index (χ2n) is 19.3. The lowest BCUT2D eigenvalue weighted by Crippen LogP contribution is -2.45. The zero-order chi connectivity index (χ0) is 45.8. The van der Waals surface area contributed by atoms with Crippen molar-refractivity contribution in [2.45, 2.75) is 315 Å². The molecule has 2 atom stereocenters. The summed E-state index contributed by atoms with van der Waals surface area (Å²) in [7, 11) is 0. The lowest BCUT2D eigenvalue weighted by atomic mass is 10.0. The number of ether oxygens (including phenoxy) is 1. The van der Waals surface area contributed by atoms with E-state index in [2.05, 4.69) is 31.3 Å². The molecule has 0 bridgehead atoms. The molecular weight excluding hydrogens is 779 g/mol. The molecule has 0 aromatic rings. The van der Waals surface area contributed by atoms with Crippen molar-refractivity contribution in [1.82, 2.24) is 5.32 Å². The van der Waals surface area contributed by atoms with E-state index >= 15 is 0 Å². The van der Waals surface area contributed by atoms with Gasteiger partial charge in [-0.3, -0.25) is 9.59 Å². The number of carbonyl (C=O) groups excluding carboxylic acids is 2. The summed E-state index contributed by atoms with van der Waals surface area (Å²) in [6.45, 7) is 4.83. The third-order valence-corrected chi connectivity index (χ3v) is 13.0. The lowest BCUT2D eigenvalue weighted by molar-refractivity contribution is -0.143. The van der Waals surface area contributed by atoms with E-state index in [0.717, 1.165) is 70.6 Å². The Morgan fingerprint density at radius 3 is 1.16 bits per heavy atom. The maximum Gasteiger partial charge on any atom is 0.305 e. The highest BCUT2D eigenvalue weighted by molar-refractivity contribution is 5.76. The Balaban J connectivity index is 3.55. The number of allylic oxidation sites excluding steroid dienone is 3. The molecule has 0 saturated heterocycles. The number of unbranched alkanes of at least 4 members (excludes halogenated alkanes) is 39. The predicted molar refractivity (Wildman–Crippen MR) is 273 cm³/mol. The number of esters is 1. The van der Waals surface area contributed by atoms with Gasteiger partial charge in [0.25, 0.3) is 0 Å². The van der Waals surface area contributed by atoms with Crippen molar-refractivity contribution < 1.29 is 24.5 Å². The minimum Gasteiger partial charge on any atom is -0.466 e. The molecule has 0 aliphatic heterocycles. The van der Waals surface area contributed by atoms with Crippen LogP contribution >= 0.6 is 0 Å². The summed E-state index contributed by atoms with van der Waals surface area (Å²) in [5, 5.41) is 23.1. The zero-order valence-electron chi connectivity index (χ0n) is 42.3. The smallest absolute Gasteiger partial charge is 0.305 e. The molecule has 1 amide bonds. The molecule has 372 valence electrons. The van der Waals surface area contributed by atoms with Crippen LogP contribution in [0.2, 0.25) is 0 Å². The highest BCUT2D eigenvalue weighted by Crippen LogP contribution is 2.17. The molecule has 0 fully saturated rings. The molecule has 0 heterocycles. The molecule has 63 heavy (non-hydrogen) atoms. The van der Waals surface area contributed by atoms with Crippen molar-refractivity contribution in [2.75, 3.05) is 13.2 Å². The molecule has 0 aliphatic carbocycles. The van der Waals surface area contributed by atoms with Crippen LogP contribution < -0.4 is 5.32 Å². The first-order chi connectivity index (χ1) is 31.0. The summed E-state index contributed by atoms with van der Waals surface area (Å²) in [6.07, 6.45) is 63.5.